The third-order valence-electron chi connectivity index (χ3n) is 2.85. The standard InChI is InChI=1S/C14H11BrN2O/c1-18-11-6-7-17-10(8-11)9-16-14(17)12-4-2-3-5-13(12)15/h2-9H,1H3. The Hall–Kier alpha value is -1.81. The van der Waals surface area contributed by atoms with E-state index in [9.17, 15) is 0 Å². The van der Waals surface area contributed by atoms with Crippen LogP contribution in [0.4, 0.5) is 0 Å². The van der Waals surface area contributed by atoms with Gasteiger partial charge in [0.25, 0.3) is 0 Å². The number of imidazole rings is 1. The van der Waals surface area contributed by atoms with Gasteiger partial charge < -0.3 is 4.74 Å². The van der Waals surface area contributed by atoms with Crippen LogP contribution >= 0.6 is 15.9 Å². The van der Waals surface area contributed by atoms with E-state index in [0.717, 1.165) is 27.1 Å². The molecule has 1 aromatic carbocycles. The lowest BCUT2D eigenvalue weighted by atomic mass is 10.2. The van der Waals surface area contributed by atoms with Crippen molar-refractivity contribution in [1.29, 1.82) is 0 Å². The quantitative estimate of drug-likeness (QED) is 0.720. The third kappa shape index (κ3) is 1.78. The summed E-state index contributed by atoms with van der Waals surface area (Å²) in [6, 6.07) is 11.9. The van der Waals surface area contributed by atoms with E-state index in [1.807, 2.05) is 53.2 Å². The predicted molar refractivity (Wildman–Crippen MR) is 74.9 cm³/mol. The minimum absolute atomic E-state index is 0.834. The van der Waals surface area contributed by atoms with E-state index in [-0.39, 0.29) is 0 Å². The van der Waals surface area contributed by atoms with E-state index < -0.39 is 0 Å². The van der Waals surface area contributed by atoms with Gasteiger partial charge in [0.05, 0.1) is 18.8 Å². The van der Waals surface area contributed by atoms with Gasteiger partial charge in [0, 0.05) is 22.3 Å². The van der Waals surface area contributed by atoms with Crippen molar-refractivity contribution < 1.29 is 4.74 Å². The predicted octanol–water partition coefficient (Wildman–Crippen LogP) is 3.77. The van der Waals surface area contributed by atoms with E-state index >= 15 is 0 Å². The first-order valence-corrected chi connectivity index (χ1v) is 6.35. The summed E-state index contributed by atoms with van der Waals surface area (Å²) < 4.78 is 8.29. The molecule has 90 valence electrons. The minimum Gasteiger partial charge on any atom is -0.497 e. The fourth-order valence-corrected chi connectivity index (χ4v) is 2.41. The molecule has 0 amide bonds. The first-order chi connectivity index (χ1) is 8.79. The Morgan fingerprint density at radius 1 is 1.22 bits per heavy atom. The lowest BCUT2D eigenvalue weighted by Crippen LogP contribution is -1.91. The SMILES string of the molecule is COc1ccn2c(-c3ccccc3Br)ncc2c1. The number of pyridine rings is 1. The van der Waals surface area contributed by atoms with Crippen LogP contribution in [0.2, 0.25) is 0 Å². The van der Waals surface area contributed by atoms with Crippen molar-refractivity contribution in [1.82, 2.24) is 9.38 Å². The summed E-state index contributed by atoms with van der Waals surface area (Å²) in [7, 11) is 1.66. The van der Waals surface area contributed by atoms with Crippen LogP contribution in [0.1, 0.15) is 0 Å². The van der Waals surface area contributed by atoms with Gasteiger partial charge in [-0.05, 0) is 12.1 Å². The number of fused-ring (bicyclic) bond motifs is 1. The van der Waals surface area contributed by atoms with Crippen LogP contribution in [0.15, 0.2) is 53.3 Å². The van der Waals surface area contributed by atoms with Crippen molar-refractivity contribution in [2.24, 2.45) is 0 Å². The van der Waals surface area contributed by atoms with Crippen LogP contribution in [0.25, 0.3) is 16.9 Å². The van der Waals surface area contributed by atoms with Gasteiger partial charge >= 0.3 is 0 Å². The number of aromatic nitrogens is 2. The summed E-state index contributed by atoms with van der Waals surface area (Å²) in [5.74, 6) is 1.75. The second-order valence-electron chi connectivity index (χ2n) is 3.92. The van der Waals surface area contributed by atoms with E-state index in [0.29, 0.717) is 0 Å². The molecule has 0 aliphatic rings. The van der Waals surface area contributed by atoms with E-state index in [4.69, 9.17) is 4.74 Å². The summed E-state index contributed by atoms with van der Waals surface area (Å²) in [5.41, 5.74) is 2.09. The number of ether oxygens (including phenoxy) is 1. The Bertz CT molecular complexity index is 706. The monoisotopic (exact) mass is 302 g/mol. The summed E-state index contributed by atoms with van der Waals surface area (Å²) in [6.45, 7) is 0. The highest BCUT2D eigenvalue weighted by Gasteiger charge is 2.09. The molecule has 0 saturated heterocycles. The smallest absolute Gasteiger partial charge is 0.145 e. The minimum atomic E-state index is 0.834. The summed E-state index contributed by atoms with van der Waals surface area (Å²) in [5, 5.41) is 0. The molecule has 18 heavy (non-hydrogen) atoms. The van der Waals surface area contributed by atoms with Crippen molar-refractivity contribution in [3.8, 4) is 17.1 Å². The first kappa shape index (κ1) is 11.3. The van der Waals surface area contributed by atoms with E-state index in [1.165, 1.54) is 0 Å². The molecular weight excluding hydrogens is 292 g/mol. The molecule has 3 aromatic rings. The highest BCUT2D eigenvalue weighted by atomic mass is 79.9. The van der Waals surface area contributed by atoms with Crippen LogP contribution in [0, 0.1) is 0 Å². The molecule has 0 N–H and O–H groups in total. The van der Waals surface area contributed by atoms with Crippen LogP contribution in [0.3, 0.4) is 0 Å². The number of benzene rings is 1. The first-order valence-electron chi connectivity index (χ1n) is 5.55. The highest BCUT2D eigenvalue weighted by molar-refractivity contribution is 9.10. The number of hydrogen-bond acceptors (Lipinski definition) is 2. The highest BCUT2D eigenvalue weighted by Crippen LogP contribution is 2.28. The van der Waals surface area contributed by atoms with Gasteiger partial charge in [-0.2, -0.15) is 0 Å². The second kappa shape index (κ2) is 4.46. The Labute approximate surface area is 113 Å². The fourth-order valence-electron chi connectivity index (χ4n) is 1.95. The molecule has 0 radical (unpaired) electrons. The maximum absolute atomic E-state index is 5.21. The molecule has 0 aliphatic heterocycles. The second-order valence-corrected chi connectivity index (χ2v) is 4.78. The molecule has 2 aromatic heterocycles. The number of methoxy groups -OCH3 is 1. The lowest BCUT2D eigenvalue weighted by molar-refractivity contribution is 0.414. The van der Waals surface area contributed by atoms with E-state index in [2.05, 4.69) is 20.9 Å². The Balaban J connectivity index is 2.22. The number of halogens is 1. The lowest BCUT2D eigenvalue weighted by Gasteiger charge is -2.05. The zero-order valence-electron chi connectivity index (χ0n) is 9.80. The van der Waals surface area contributed by atoms with Gasteiger partial charge in [-0.15, -0.1) is 0 Å². The average molecular weight is 303 g/mol. The normalized spacial score (nSPS) is 10.8. The van der Waals surface area contributed by atoms with Crippen LogP contribution < -0.4 is 4.74 Å². The molecule has 3 nitrogen and oxygen atoms in total. The largest absolute Gasteiger partial charge is 0.497 e. The molecule has 3 rings (SSSR count). The molecule has 0 aliphatic carbocycles. The zero-order chi connectivity index (χ0) is 12.5. The molecule has 2 heterocycles. The topological polar surface area (TPSA) is 26.5 Å². The Morgan fingerprint density at radius 3 is 2.83 bits per heavy atom. The molecule has 0 fully saturated rings. The van der Waals surface area contributed by atoms with Gasteiger partial charge in [-0.1, -0.05) is 34.1 Å². The van der Waals surface area contributed by atoms with Gasteiger partial charge in [0.1, 0.15) is 11.6 Å². The third-order valence-corrected chi connectivity index (χ3v) is 3.55. The van der Waals surface area contributed by atoms with Gasteiger partial charge in [-0.25, -0.2) is 4.98 Å². The maximum atomic E-state index is 5.21. The Morgan fingerprint density at radius 2 is 2.06 bits per heavy atom. The van der Waals surface area contributed by atoms with E-state index in [1.54, 1.807) is 7.11 Å². The molecule has 0 unspecified atom stereocenters. The number of rotatable bonds is 2. The molecule has 0 atom stereocenters. The van der Waals surface area contributed by atoms with Crippen molar-refractivity contribution in [2.45, 2.75) is 0 Å². The zero-order valence-corrected chi connectivity index (χ0v) is 11.4. The fraction of sp³-hybridized carbons (Fsp3) is 0.0714. The summed E-state index contributed by atoms with van der Waals surface area (Å²) in [6.07, 6.45) is 3.81. The van der Waals surface area contributed by atoms with Crippen molar-refractivity contribution in [3.63, 3.8) is 0 Å². The van der Waals surface area contributed by atoms with Crippen molar-refractivity contribution in [3.05, 3.63) is 53.3 Å². The number of hydrogen-bond donors (Lipinski definition) is 0. The molecular formula is C14H11BrN2O. The molecule has 4 heteroatoms. The van der Waals surface area contributed by atoms with Crippen molar-refractivity contribution >= 4 is 21.4 Å². The number of nitrogens with zero attached hydrogens (tertiary/aromatic N) is 2. The van der Waals surface area contributed by atoms with Crippen molar-refractivity contribution in [2.75, 3.05) is 7.11 Å². The molecule has 0 bridgehead atoms. The summed E-state index contributed by atoms with van der Waals surface area (Å²) in [4.78, 5) is 4.48. The molecule has 0 spiro atoms. The van der Waals surface area contributed by atoms with Crippen LogP contribution in [-0.2, 0) is 0 Å². The van der Waals surface area contributed by atoms with Crippen LogP contribution in [-0.4, -0.2) is 16.5 Å². The van der Waals surface area contributed by atoms with Gasteiger partial charge in [-0.3, -0.25) is 4.40 Å². The average Bonchev–Trinajstić information content (AvgIpc) is 2.82. The van der Waals surface area contributed by atoms with Gasteiger partial charge in [0.15, 0.2) is 0 Å². The maximum Gasteiger partial charge on any atom is 0.145 e. The molecule has 0 saturated carbocycles. The Kier molecular flexibility index (Phi) is 2.80. The van der Waals surface area contributed by atoms with Gasteiger partial charge in [0.2, 0.25) is 0 Å². The summed E-state index contributed by atoms with van der Waals surface area (Å²) >= 11 is 3.55. The van der Waals surface area contributed by atoms with Crippen LogP contribution in [0.5, 0.6) is 5.75 Å².